The molecule has 0 bridgehead atoms. The normalized spacial score (nSPS) is 14.3. The molecule has 6 nitrogen and oxygen atoms in total. The molecule has 0 atom stereocenters. The zero-order valence-electron chi connectivity index (χ0n) is 19.0. The van der Waals surface area contributed by atoms with Crippen molar-refractivity contribution in [3.8, 4) is 5.75 Å². The number of benzene rings is 2. The van der Waals surface area contributed by atoms with E-state index in [1.807, 2.05) is 41.3 Å². The summed E-state index contributed by atoms with van der Waals surface area (Å²) in [6.45, 7) is 10.6. The topological polar surface area (TPSA) is 53.1 Å². The van der Waals surface area contributed by atoms with Crippen molar-refractivity contribution in [2.75, 3.05) is 39.8 Å². The van der Waals surface area contributed by atoms with E-state index in [0.717, 1.165) is 13.1 Å². The van der Waals surface area contributed by atoms with E-state index in [0.29, 0.717) is 49.1 Å². The summed E-state index contributed by atoms with van der Waals surface area (Å²) in [5, 5.41) is 0. The smallest absolute Gasteiger partial charge is 0.254 e. The van der Waals surface area contributed by atoms with Crippen LogP contribution in [0.2, 0.25) is 0 Å². The highest BCUT2D eigenvalue weighted by molar-refractivity contribution is 5.96. The Hall–Kier alpha value is -2.86. The number of rotatable bonds is 7. The molecule has 0 spiro atoms. The van der Waals surface area contributed by atoms with Crippen LogP contribution < -0.4 is 4.74 Å². The lowest BCUT2D eigenvalue weighted by atomic mass is 10.1. The van der Waals surface area contributed by atoms with Gasteiger partial charge in [-0.15, -0.1) is 0 Å². The minimum absolute atomic E-state index is 0.0243. The predicted molar refractivity (Wildman–Crippen MR) is 122 cm³/mol. The average Bonchev–Trinajstić information content (AvgIpc) is 2.82. The lowest BCUT2D eigenvalue weighted by Crippen LogP contribution is -2.50. The Morgan fingerprint density at radius 3 is 2.03 bits per heavy atom. The first kappa shape index (κ1) is 22.8. The minimum atomic E-state index is -0.0269. The summed E-state index contributed by atoms with van der Waals surface area (Å²) < 4.78 is 5.21. The molecule has 31 heavy (non-hydrogen) atoms. The summed E-state index contributed by atoms with van der Waals surface area (Å²) in [5.41, 5.74) is 2.52. The number of piperazine rings is 1. The van der Waals surface area contributed by atoms with Crippen LogP contribution >= 0.6 is 0 Å². The third-order valence-electron chi connectivity index (χ3n) is 5.89. The molecule has 0 radical (unpaired) electrons. The minimum Gasteiger partial charge on any atom is -0.497 e. The zero-order chi connectivity index (χ0) is 22.4. The van der Waals surface area contributed by atoms with E-state index in [4.69, 9.17) is 4.74 Å². The molecule has 3 rings (SSSR count). The van der Waals surface area contributed by atoms with Crippen LogP contribution in [0, 0.1) is 0 Å². The molecule has 1 heterocycles. The largest absolute Gasteiger partial charge is 0.497 e. The number of hydrogen-bond acceptors (Lipinski definition) is 4. The van der Waals surface area contributed by atoms with Gasteiger partial charge in [-0.3, -0.25) is 14.5 Å². The third kappa shape index (κ3) is 5.64. The van der Waals surface area contributed by atoms with Crippen molar-refractivity contribution >= 4 is 11.8 Å². The Kier molecular flexibility index (Phi) is 7.69. The van der Waals surface area contributed by atoms with Crippen molar-refractivity contribution in [3.05, 3.63) is 65.2 Å². The first-order chi connectivity index (χ1) is 14.9. The molecule has 1 saturated heterocycles. The van der Waals surface area contributed by atoms with E-state index in [1.54, 1.807) is 24.1 Å². The SMILES string of the molecule is CCN(Cc1ccc(C(=O)N2CCN(C(=O)c3cccc(OC)c3)CC2)cc1)C(C)C. The number of methoxy groups -OCH3 is 1. The molecule has 0 saturated carbocycles. The molecule has 2 aromatic carbocycles. The summed E-state index contributed by atoms with van der Waals surface area (Å²) in [6, 6.07) is 15.6. The molecule has 0 unspecified atom stereocenters. The van der Waals surface area contributed by atoms with Gasteiger partial charge in [-0.2, -0.15) is 0 Å². The molecule has 1 aliphatic heterocycles. The quantitative estimate of drug-likeness (QED) is 0.684. The molecule has 1 aliphatic rings. The molecule has 0 aliphatic carbocycles. The molecule has 0 aromatic heterocycles. The highest BCUT2D eigenvalue weighted by atomic mass is 16.5. The van der Waals surface area contributed by atoms with Crippen LogP contribution in [0.15, 0.2) is 48.5 Å². The number of nitrogens with zero attached hydrogens (tertiary/aromatic N) is 3. The highest BCUT2D eigenvalue weighted by Crippen LogP contribution is 2.17. The number of ether oxygens (including phenoxy) is 1. The monoisotopic (exact) mass is 423 g/mol. The van der Waals surface area contributed by atoms with Gasteiger partial charge in [0.15, 0.2) is 0 Å². The summed E-state index contributed by atoms with van der Waals surface area (Å²) in [7, 11) is 1.59. The molecule has 166 valence electrons. The van der Waals surface area contributed by atoms with Gasteiger partial charge in [-0.25, -0.2) is 0 Å². The molecule has 2 amide bonds. The van der Waals surface area contributed by atoms with Crippen molar-refractivity contribution in [1.29, 1.82) is 0 Å². The number of hydrogen-bond donors (Lipinski definition) is 0. The fraction of sp³-hybridized carbons (Fsp3) is 0.440. The molecular weight excluding hydrogens is 390 g/mol. The average molecular weight is 424 g/mol. The van der Waals surface area contributed by atoms with Gasteiger partial charge in [-0.1, -0.05) is 25.1 Å². The Morgan fingerprint density at radius 1 is 0.935 bits per heavy atom. The van der Waals surface area contributed by atoms with Gasteiger partial charge in [0, 0.05) is 49.9 Å². The van der Waals surface area contributed by atoms with E-state index in [9.17, 15) is 9.59 Å². The number of carbonyl (C=O) groups excluding carboxylic acids is 2. The van der Waals surface area contributed by atoms with Crippen LogP contribution in [0.3, 0.4) is 0 Å². The maximum Gasteiger partial charge on any atom is 0.254 e. The number of amides is 2. The summed E-state index contributed by atoms with van der Waals surface area (Å²) >= 11 is 0. The molecule has 0 N–H and O–H groups in total. The molecule has 1 fully saturated rings. The van der Waals surface area contributed by atoms with Gasteiger partial charge >= 0.3 is 0 Å². The Labute approximate surface area is 185 Å². The van der Waals surface area contributed by atoms with E-state index in [1.165, 1.54) is 5.56 Å². The van der Waals surface area contributed by atoms with Crippen molar-refractivity contribution < 1.29 is 14.3 Å². The zero-order valence-corrected chi connectivity index (χ0v) is 19.0. The van der Waals surface area contributed by atoms with Gasteiger partial charge in [0.05, 0.1) is 7.11 Å². The standard InChI is InChI=1S/C25H33N3O3/c1-5-26(19(2)3)18-20-9-11-21(12-10-20)24(29)27-13-15-28(16-14-27)25(30)22-7-6-8-23(17-22)31-4/h6-12,17,19H,5,13-16,18H2,1-4H3. The van der Waals surface area contributed by atoms with Crippen molar-refractivity contribution in [2.45, 2.75) is 33.4 Å². The van der Waals surface area contributed by atoms with Gasteiger partial charge in [0.2, 0.25) is 0 Å². The summed E-state index contributed by atoms with van der Waals surface area (Å²) in [6.07, 6.45) is 0. The van der Waals surface area contributed by atoms with Crippen LogP contribution in [-0.4, -0.2) is 72.4 Å². The second kappa shape index (κ2) is 10.4. The lowest BCUT2D eigenvalue weighted by Gasteiger charge is -2.35. The van der Waals surface area contributed by atoms with E-state index in [-0.39, 0.29) is 11.8 Å². The number of carbonyl (C=O) groups is 2. The van der Waals surface area contributed by atoms with Crippen molar-refractivity contribution in [1.82, 2.24) is 14.7 Å². The van der Waals surface area contributed by atoms with Gasteiger partial charge in [-0.05, 0) is 56.3 Å². The Balaban J connectivity index is 1.56. The van der Waals surface area contributed by atoms with Crippen LogP contribution in [0.25, 0.3) is 0 Å². The van der Waals surface area contributed by atoms with Crippen molar-refractivity contribution in [3.63, 3.8) is 0 Å². The second-order valence-electron chi connectivity index (χ2n) is 8.17. The molecule has 2 aromatic rings. The van der Waals surface area contributed by atoms with Crippen LogP contribution in [0.1, 0.15) is 47.1 Å². The Bertz CT molecular complexity index is 887. The predicted octanol–water partition coefficient (Wildman–Crippen LogP) is 3.52. The van der Waals surface area contributed by atoms with Crippen LogP contribution in [-0.2, 0) is 6.54 Å². The van der Waals surface area contributed by atoms with Crippen molar-refractivity contribution in [2.24, 2.45) is 0 Å². The van der Waals surface area contributed by atoms with Gasteiger partial charge < -0.3 is 14.5 Å². The van der Waals surface area contributed by atoms with E-state index in [2.05, 4.69) is 25.7 Å². The van der Waals surface area contributed by atoms with Gasteiger partial charge in [0.1, 0.15) is 5.75 Å². The van der Waals surface area contributed by atoms with Crippen LogP contribution in [0.4, 0.5) is 0 Å². The molecule has 6 heteroatoms. The summed E-state index contributed by atoms with van der Waals surface area (Å²) in [5.74, 6) is 0.663. The van der Waals surface area contributed by atoms with E-state index >= 15 is 0 Å². The highest BCUT2D eigenvalue weighted by Gasteiger charge is 2.25. The lowest BCUT2D eigenvalue weighted by molar-refractivity contribution is 0.0535. The molecular formula is C25H33N3O3. The second-order valence-corrected chi connectivity index (χ2v) is 8.17. The fourth-order valence-corrected chi connectivity index (χ4v) is 3.88. The maximum absolute atomic E-state index is 12.9. The third-order valence-corrected chi connectivity index (χ3v) is 5.89. The van der Waals surface area contributed by atoms with Gasteiger partial charge in [0.25, 0.3) is 11.8 Å². The maximum atomic E-state index is 12.9. The van der Waals surface area contributed by atoms with E-state index < -0.39 is 0 Å². The first-order valence-electron chi connectivity index (χ1n) is 11.0. The summed E-state index contributed by atoms with van der Waals surface area (Å²) in [4.78, 5) is 31.7. The van der Waals surface area contributed by atoms with Crippen LogP contribution in [0.5, 0.6) is 5.75 Å². The Morgan fingerprint density at radius 2 is 1.52 bits per heavy atom. The first-order valence-corrected chi connectivity index (χ1v) is 11.0. The fourth-order valence-electron chi connectivity index (χ4n) is 3.88.